The maximum absolute atomic E-state index is 9.82. The Hall–Kier alpha value is -1.61. The molecule has 1 aliphatic heterocycles. The summed E-state index contributed by atoms with van der Waals surface area (Å²) in [5, 5.41) is 11.1. The number of aliphatic hydroxyl groups is 1. The number of aryl methyl sites for hydroxylation is 2. The highest BCUT2D eigenvalue weighted by Gasteiger charge is 2.46. The van der Waals surface area contributed by atoms with E-state index in [0.29, 0.717) is 11.8 Å². The molecule has 2 aliphatic rings. The maximum Gasteiger partial charge on any atom is 0.129 e. The van der Waals surface area contributed by atoms with Gasteiger partial charge in [-0.1, -0.05) is 13.0 Å². The standard InChI is InChI=1S/C18H22N2O/c1-3-12-4-5-16-14(7-12)11(2)6-18(19-16)20-9-13-8-17(21)15(13)10-20/h4-7,13,15,17,21H,3,8-10H2,1-2H3/t13-,15+,17-/m1/s1. The highest BCUT2D eigenvalue weighted by molar-refractivity contribution is 5.84. The molecule has 3 heteroatoms. The summed E-state index contributed by atoms with van der Waals surface area (Å²) in [5.74, 6) is 2.20. The van der Waals surface area contributed by atoms with Crippen molar-refractivity contribution in [3.8, 4) is 0 Å². The first kappa shape index (κ1) is 13.1. The lowest BCUT2D eigenvalue weighted by molar-refractivity contribution is -0.00398. The highest BCUT2D eigenvalue weighted by Crippen LogP contribution is 2.42. The summed E-state index contributed by atoms with van der Waals surface area (Å²) in [5.41, 5.74) is 3.74. The Balaban J connectivity index is 1.70. The van der Waals surface area contributed by atoms with Crippen molar-refractivity contribution in [2.24, 2.45) is 11.8 Å². The lowest BCUT2D eigenvalue weighted by Crippen LogP contribution is -2.39. The molecule has 0 amide bonds. The van der Waals surface area contributed by atoms with Crippen LogP contribution < -0.4 is 4.90 Å². The molecule has 1 saturated carbocycles. The molecule has 2 aromatic rings. The number of hydrogen-bond donors (Lipinski definition) is 1. The number of nitrogens with zero attached hydrogens (tertiary/aromatic N) is 2. The second kappa shape index (κ2) is 4.70. The van der Waals surface area contributed by atoms with E-state index in [2.05, 4.69) is 43.0 Å². The number of anilines is 1. The van der Waals surface area contributed by atoms with Crippen molar-refractivity contribution in [3.63, 3.8) is 0 Å². The first-order valence-corrected chi connectivity index (χ1v) is 7.99. The van der Waals surface area contributed by atoms with Gasteiger partial charge in [0.25, 0.3) is 0 Å². The van der Waals surface area contributed by atoms with Gasteiger partial charge in [0.2, 0.25) is 0 Å². The van der Waals surface area contributed by atoms with Crippen LogP contribution in [0.3, 0.4) is 0 Å². The first-order valence-electron chi connectivity index (χ1n) is 7.99. The van der Waals surface area contributed by atoms with Crippen molar-refractivity contribution in [2.75, 3.05) is 18.0 Å². The summed E-state index contributed by atoms with van der Waals surface area (Å²) in [6.07, 6.45) is 1.94. The van der Waals surface area contributed by atoms with Crippen molar-refractivity contribution in [3.05, 3.63) is 35.4 Å². The average Bonchev–Trinajstić information content (AvgIpc) is 2.84. The van der Waals surface area contributed by atoms with Gasteiger partial charge < -0.3 is 10.0 Å². The molecule has 3 nitrogen and oxygen atoms in total. The van der Waals surface area contributed by atoms with E-state index in [1.54, 1.807) is 0 Å². The molecule has 2 heterocycles. The second-order valence-corrected chi connectivity index (χ2v) is 6.63. The Bertz CT molecular complexity index is 697. The zero-order valence-corrected chi connectivity index (χ0v) is 12.7. The molecule has 1 saturated heterocycles. The van der Waals surface area contributed by atoms with Crippen LogP contribution in [0, 0.1) is 18.8 Å². The van der Waals surface area contributed by atoms with Gasteiger partial charge in [-0.2, -0.15) is 0 Å². The van der Waals surface area contributed by atoms with E-state index in [9.17, 15) is 5.11 Å². The highest BCUT2D eigenvalue weighted by atomic mass is 16.3. The minimum Gasteiger partial charge on any atom is -0.393 e. The summed E-state index contributed by atoms with van der Waals surface area (Å²) in [7, 11) is 0. The smallest absolute Gasteiger partial charge is 0.129 e. The molecular weight excluding hydrogens is 260 g/mol. The Morgan fingerprint density at radius 3 is 2.86 bits per heavy atom. The number of pyridine rings is 1. The van der Waals surface area contributed by atoms with Gasteiger partial charge in [0.1, 0.15) is 5.82 Å². The van der Waals surface area contributed by atoms with Gasteiger partial charge >= 0.3 is 0 Å². The summed E-state index contributed by atoms with van der Waals surface area (Å²) < 4.78 is 0. The van der Waals surface area contributed by atoms with Gasteiger partial charge in [0, 0.05) is 24.4 Å². The summed E-state index contributed by atoms with van der Waals surface area (Å²) in [4.78, 5) is 7.21. The van der Waals surface area contributed by atoms with Crippen LogP contribution in [0.25, 0.3) is 10.9 Å². The molecule has 110 valence electrons. The molecule has 0 bridgehead atoms. The van der Waals surface area contributed by atoms with Crippen molar-refractivity contribution in [1.29, 1.82) is 0 Å². The monoisotopic (exact) mass is 282 g/mol. The van der Waals surface area contributed by atoms with Gasteiger partial charge in [-0.3, -0.25) is 0 Å². The van der Waals surface area contributed by atoms with E-state index < -0.39 is 0 Å². The molecule has 1 aliphatic carbocycles. The number of rotatable bonds is 2. The maximum atomic E-state index is 9.82. The van der Waals surface area contributed by atoms with Crippen LogP contribution >= 0.6 is 0 Å². The lowest BCUT2D eigenvalue weighted by Gasteiger charge is -2.34. The zero-order chi connectivity index (χ0) is 14.6. The second-order valence-electron chi connectivity index (χ2n) is 6.63. The number of benzene rings is 1. The Morgan fingerprint density at radius 1 is 1.29 bits per heavy atom. The van der Waals surface area contributed by atoms with Crippen LogP contribution in [0.2, 0.25) is 0 Å². The van der Waals surface area contributed by atoms with Crippen LogP contribution in [-0.2, 0) is 6.42 Å². The normalized spacial score (nSPS) is 27.8. The van der Waals surface area contributed by atoms with E-state index in [1.807, 2.05) is 0 Å². The number of aromatic nitrogens is 1. The fourth-order valence-electron chi connectivity index (χ4n) is 3.86. The third kappa shape index (κ3) is 2.03. The van der Waals surface area contributed by atoms with Crippen molar-refractivity contribution < 1.29 is 5.11 Å². The Labute approximate surface area is 125 Å². The van der Waals surface area contributed by atoms with Crippen molar-refractivity contribution in [1.82, 2.24) is 4.98 Å². The number of hydrogen-bond acceptors (Lipinski definition) is 3. The topological polar surface area (TPSA) is 36.4 Å². The number of fused-ring (bicyclic) bond motifs is 2. The van der Waals surface area contributed by atoms with E-state index >= 15 is 0 Å². The largest absolute Gasteiger partial charge is 0.393 e. The van der Waals surface area contributed by atoms with E-state index in [4.69, 9.17) is 4.98 Å². The molecule has 1 N–H and O–H groups in total. The molecule has 0 spiro atoms. The molecule has 0 unspecified atom stereocenters. The minimum absolute atomic E-state index is 0.0892. The summed E-state index contributed by atoms with van der Waals surface area (Å²) in [6.45, 7) is 6.36. The summed E-state index contributed by atoms with van der Waals surface area (Å²) in [6, 6.07) is 8.79. The Kier molecular flexibility index (Phi) is 2.93. The minimum atomic E-state index is -0.0892. The van der Waals surface area contributed by atoms with E-state index in [1.165, 1.54) is 16.5 Å². The van der Waals surface area contributed by atoms with Crippen LogP contribution in [0.1, 0.15) is 24.5 Å². The third-order valence-electron chi connectivity index (χ3n) is 5.33. The van der Waals surface area contributed by atoms with Crippen LogP contribution in [0.15, 0.2) is 24.3 Å². The molecule has 1 aromatic carbocycles. The molecule has 21 heavy (non-hydrogen) atoms. The van der Waals surface area contributed by atoms with Gasteiger partial charge in [-0.25, -0.2) is 4.98 Å². The zero-order valence-electron chi connectivity index (χ0n) is 12.7. The molecule has 3 atom stereocenters. The van der Waals surface area contributed by atoms with Gasteiger partial charge in [-0.05, 0) is 55.0 Å². The molecule has 1 aromatic heterocycles. The first-order chi connectivity index (χ1) is 10.2. The summed E-state index contributed by atoms with van der Waals surface area (Å²) >= 11 is 0. The lowest BCUT2D eigenvalue weighted by atomic mass is 9.74. The number of aliphatic hydroxyl groups excluding tert-OH is 1. The van der Waals surface area contributed by atoms with Crippen molar-refractivity contribution in [2.45, 2.75) is 32.8 Å². The quantitative estimate of drug-likeness (QED) is 0.920. The Morgan fingerprint density at radius 2 is 2.14 bits per heavy atom. The van der Waals surface area contributed by atoms with Crippen LogP contribution in [0.4, 0.5) is 5.82 Å². The third-order valence-corrected chi connectivity index (χ3v) is 5.33. The fourth-order valence-corrected chi connectivity index (χ4v) is 3.86. The molecule has 2 fully saturated rings. The van der Waals surface area contributed by atoms with Crippen LogP contribution in [-0.4, -0.2) is 29.3 Å². The molecule has 4 rings (SSSR count). The van der Waals surface area contributed by atoms with Gasteiger partial charge in [0.05, 0.1) is 11.6 Å². The molecule has 0 radical (unpaired) electrons. The van der Waals surface area contributed by atoms with Gasteiger partial charge in [0.15, 0.2) is 0 Å². The SMILES string of the molecule is CCc1ccc2nc(N3C[C@H]4C[C@@H](O)[C@H]4C3)cc(C)c2c1. The average molecular weight is 282 g/mol. The van der Waals surface area contributed by atoms with E-state index in [-0.39, 0.29) is 6.10 Å². The van der Waals surface area contributed by atoms with Crippen molar-refractivity contribution >= 4 is 16.7 Å². The van der Waals surface area contributed by atoms with Gasteiger partial charge in [-0.15, -0.1) is 0 Å². The van der Waals surface area contributed by atoms with E-state index in [0.717, 1.165) is 37.3 Å². The molecular formula is C18H22N2O. The van der Waals surface area contributed by atoms with Crippen LogP contribution in [0.5, 0.6) is 0 Å². The predicted octanol–water partition coefficient (Wildman–Crippen LogP) is 2.92. The fraction of sp³-hybridized carbons (Fsp3) is 0.500. The predicted molar refractivity (Wildman–Crippen MR) is 85.7 cm³/mol.